The molecular formula is C29H33Cl2N3O4S. The smallest absolute Gasteiger partial charge is 0.264 e. The number of nitrogens with one attached hydrogen (secondary N) is 1. The van der Waals surface area contributed by atoms with E-state index in [1.165, 1.54) is 17.0 Å². The molecule has 1 N–H and O–H groups in total. The van der Waals surface area contributed by atoms with Gasteiger partial charge in [-0.1, -0.05) is 73.4 Å². The third-order valence-corrected chi connectivity index (χ3v) is 8.82. The number of amides is 2. The molecule has 2 amide bonds. The molecule has 0 aliphatic heterocycles. The summed E-state index contributed by atoms with van der Waals surface area (Å²) < 4.78 is 28.6. The SMILES string of the molecule is CC[C@@H](C)NC(=O)[C@@H](CC)N(Cc1ccccc1Cl)C(=O)CN(c1ccc(Cl)cc1)S(=O)(=O)c1ccccc1. The van der Waals surface area contributed by atoms with Crippen LogP contribution in [0.1, 0.15) is 39.2 Å². The van der Waals surface area contributed by atoms with E-state index in [2.05, 4.69) is 5.32 Å². The second-order valence-corrected chi connectivity index (χ2v) is 11.9. The summed E-state index contributed by atoms with van der Waals surface area (Å²) >= 11 is 12.5. The van der Waals surface area contributed by atoms with Crippen LogP contribution in [0.25, 0.3) is 0 Å². The molecule has 0 radical (unpaired) electrons. The highest BCUT2D eigenvalue weighted by molar-refractivity contribution is 7.92. The number of nitrogens with zero attached hydrogens (tertiary/aromatic N) is 2. The fraction of sp³-hybridized carbons (Fsp3) is 0.310. The maximum atomic E-state index is 14.0. The molecule has 3 aromatic rings. The van der Waals surface area contributed by atoms with Crippen LogP contribution in [0.4, 0.5) is 5.69 Å². The van der Waals surface area contributed by atoms with Crippen molar-refractivity contribution in [3.8, 4) is 0 Å². The number of carbonyl (C=O) groups is 2. The maximum absolute atomic E-state index is 14.0. The van der Waals surface area contributed by atoms with Gasteiger partial charge in [-0.2, -0.15) is 0 Å². The lowest BCUT2D eigenvalue weighted by Crippen LogP contribution is -2.53. The Morgan fingerprint density at radius 2 is 1.49 bits per heavy atom. The number of halogens is 2. The second kappa shape index (κ2) is 13.8. The lowest BCUT2D eigenvalue weighted by Gasteiger charge is -2.34. The molecule has 0 aliphatic carbocycles. The summed E-state index contributed by atoms with van der Waals surface area (Å²) in [5.41, 5.74) is 0.915. The van der Waals surface area contributed by atoms with Gasteiger partial charge in [-0.25, -0.2) is 8.42 Å². The number of rotatable bonds is 12. The molecule has 2 atom stereocenters. The van der Waals surface area contributed by atoms with Crippen LogP contribution < -0.4 is 9.62 Å². The third kappa shape index (κ3) is 7.75. The van der Waals surface area contributed by atoms with Gasteiger partial charge in [0.2, 0.25) is 11.8 Å². The molecule has 0 fully saturated rings. The molecule has 3 rings (SSSR count). The topological polar surface area (TPSA) is 86.8 Å². The first-order valence-corrected chi connectivity index (χ1v) is 14.9. The Balaban J connectivity index is 2.05. The van der Waals surface area contributed by atoms with Crippen molar-refractivity contribution in [1.82, 2.24) is 10.2 Å². The average Bonchev–Trinajstić information content (AvgIpc) is 2.93. The van der Waals surface area contributed by atoms with E-state index in [4.69, 9.17) is 23.2 Å². The van der Waals surface area contributed by atoms with Crippen LogP contribution >= 0.6 is 23.2 Å². The van der Waals surface area contributed by atoms with Crippen LogP contribution in [0.3, 0.4) is 0 Å². The molecule has 0 aliphatic rings. The Kier molecular flexibility index (Phi) is 10.8. The molecule has 7 nitrogen and oxygen atoms in total. The highest BCUT2D eigenvalue weighted by Gasteiger charge is 2.34. The van der Waals surface area contributed by atoms with E-state index in [-0.39, 0.29) is 29.1 Å². The Morgan fingerprint density at radius 1 is 0.872 bits per heavy atom. The van der Waals surface area contributed by atoms with Crippen molar-refractivity contribution in [1.29, 1.82) is 0 Å². The molecule has 0 spiro atoms. The zero-order chi connectivity index (χ0) is 28.6. The Bertz CT molecular complexity index is 1370. The average molecular weight is 591 g/mol. The summed E-state index contributed by atoms with van der Waals surface area (Å²) in [5.74, 6) is -0.855. The first-order chi connectivity index (χ1) is 18.6. The molecule has 3 aromatic carbocycles. The van der Waals surface area contributed by atoms with Crippen molar-refractivity contribution in [2.24, 2.45) is 0 Å². The molecule has 0 heterocycles. The van der Waals surface area contributed by atoms with E-state index < -0.39 is 28.5 Å². The van der Waals surface area contributed by atoms with Gasteiger partial charge in [-0.15, -0.1) is 0 Å². The van der Waals surface area contributed by atoms with Gasteiger partial charge in [-0.05, 0) is 67.8 Å². The highest BCUT2D eigenvalue weighted by Crippen LogP contribution is 2.27. The van der Waals surface area contributed by atoms with Crippen LogP contribution in [0.15, 0.2) is 83.8 Å². The minimum Gasteiger partial charge on any atom is -0.352 e. The zero-order valence-electron chi connectivity index (χ0n) is 22.2. The summed E-state index contributed by atoms with van der Waals surface area (Å²) in [4.78, 5) is 28.7. The van der Waals surface area contributed by atoms with Crippen LogP contribution in [-0.2, 0) is 26.2 Å². The molecule has 0 saturated heterocycles. The number of benzene rings is 3. The maximum Gasteiger partial charge on any atom is 0.264 e. The van der Waals surface area contributed by atoms with Crippen molar-refractivity contribution in [2.75, 3.05) is 10.8 Å². The third-order valence-electron chi connectivity index (χ3n) is 6.41. The fourth-order valence-electron chi connectivity index (χ4n) is 4.03. The Hall–Kier alpha value is -3.07. The standard InChI is InChI=1S/C29H33Cl2N3O4S/c1-4-21(3)32-29(36)27(5-2)33(19-22-11-9-10-14-26(22)31)28(35)20-34(24-17-15-23(30)16-18-24)39(37,38)25-12-7-6-8-13-25/h6-18,21,27H,4-5,19-20H2,1-3H3,(H,32,36)/t21-,27-/m1/s1. The van der Waals surface area contributed by atoms with Gasteiger partial charge in [0.1, 0.15) is 12.6 Å². The summed E-state index contributed by atoms with van der Waals surface area (Å²) in [7, 11) is -4.14. The number of carbonyl (C=O) groups excluding carboxylic acids is 2. The quantitative estimate of drug-likeness (QED) is 0.284. The van der Waals surface area contributed by atoms with Crippen molar-refractivity contribution < 1.29 is 18.0 Å². The normalized spacial score (nSPS) is 12.8. The molecule has 208 valence electrons. The minimum atomic E-state index is -4.14. The summed E-state index contributed by atoms with van der Waals surface area (Å²) in [6, 6.07) is 20.2. The van der Waals surface area contributed by atoms with Gasteiger partial charge in [0.25, 0.3) is 10.0 Å². The Morgan fingerprint density at radius 3 is 2.08 bits per heavy atom. The van der Waals surface area contributed by atoms with Crippen molar-refractivity contribution >= 4 is 50.7 Å². The number of sulfonamides is 1. The predicted molar refractivity (Wildman–Crippen MR) is 156 cm³/mol. The molecule has 39 heavy (non-hydrogen) atoms. The van der Waals surface area contributed by atoms with Crippen LogP contribution in [0.5, 0.6) is 0 Å². The minimum absolute atomic E-state index is 0.0325. The van der Waals surface area contributed by atoms with E-state index in [0.717, 1.165) is 10.7 Å². The van der Waals surface area contributed by atoms with Gasteiger partial charge in [0.05, 0.1) is 10.6 Å². The lowest BCUT2D eigenvalue weighted by molar-refractivity contribution is -0.140. The van der Waals surface area contributed by atoms with Crippen molar-refractivity contribution in [3.05, 3.63) is 94.5 Å². The van der Waals surface area contributed by atoms with Gasteiger partial charge in [-0.3, -0.25) is 13.9 Å². The van der Waals surface area contributed by atoms with Crippen molar-refractivity contribution in [2.45, 2.75) is 57.1 Å². The molecular weight excluding hydrogens is 557 g/mol. The van der Waals surface area contributed by atoms with Crippen LogP contribution in [-0.4, -0.2) is 43.8 Å². The summed E-state index contributed by atoms with van der Waals surface area (Å²) in [6.45, 7) is 5.16. The van der Waals surface area contributed by atoms with Crippen LogP contribution in [0, 0.1) is 0 Å². The van der Waals surface area contributed by atoms with Gasteiger partial charge in [0, 0.05) is 22.6 Å². The van der Waals surface area contributed by atoms with Gasteiger partial charge < -0.3 is 10.2 Å². The molecule has 0 saturated carbocycles. The number of hydrogen-bond donors (Lipinski definition) is 1. The molecule has 0 aromatic heterocycles. The van der Waals surface area contributed by atoms with Crippen LogP contribution in [0.2, 0.25) is 10.0 Å². The summed E-state index contributed by atoms with van der Waals surface area (Å²) in [6.07, 6.45) is 1.05. The van der Waals surface area contributed by atoms with E-state index >= 15 is 0 Å². The van der Waals surface area contributed by atoms with E-state index in [0.29, 0.717) is 22.0 Å². The zero-order valence-corrected chi connectivity index (χ0v) is 24.5. The fourth-order valence-corrected chi connectivity index (χ4v) is 5.78. The highest BCUT2D eigenvalue weighted by atomic mass is 35.5. The Labute approximate surface area is 240 Å². The predicted octanol–water partition coefficient (Wildman–Crippen LogP) is 5.91. The largest absolute Gasteiger partial charge is 0.352 e. The number of anilines is 1. The number of hydrogen-bond acceptors (Lipinski definition) is 4. The lowest BCUT2D eigenvalue weighted by atomic mass is 10.1. The van der Waals surface area contributed by atoms with Crippen molar-refractivity contribution in [3.63, 3.8) is 0 Å². The van der Waals surface area contributed by atoms with E-state index in [1.807, 2.05) is 20.8 Å². The molecule has 0 unspecified atom stereocenters. The molecule has 0 bridgehead atoms. The monoisotopic (exact) mass is 589 g/mol. The van der Waals surface area contributed by atoms with E-state index in [1.54, 1.807) is 66.7 Å². The van der Waals surface area contributed by atoms with Gasteiger partial charge >= 0.3 is 0 Å². The van der Waals surface area contributed by atoms with Gasteiger partial charge in [0.15, 0.2) is 0 Å². The summed E-state index contributed by atoms with van der Waals surface area (Å²) in [5, 5.41) is 3.82. The molecule has 10 heteroatoms. The van der Waals surface area contributed by atoms with E-state index in [9.17, 15) is 18.0 Å². The first kappa shape index (κ1) is 30.5. The second-order valence-electron chi connectivity index (χ2n) is 9.16. The first-order valence-electron chi connectivity index (χ1n) is 12.7.